The first-order valence-corrected chi connectivity index (χ1v) is 11.9. The molecule has 0 aromatic carbocycles. The van der Waals surface area contributed by atoms with Gasteiger partial charge in [-0.1, -0.05) is 0 Å². The van der Waals surface area contributed by atoms with E-state index >= 15 is 0 Å². The molecule has 3 nitrogen and oxygen atoms in total. The summed E-state index contributed by atoms with van der Waals surface area (Å²) in [5.41, 5.74) is 3.09. The molecule has 0 amide bonds. The van der Waals surface area contributed by atoms with Gasteiger partial charge in [-0.15, -0.1) is 0 Å². The van der Waals surface area contributed by atoms with Crippen molar-refractivity contribution in [2.45, 2.75) is 57.8 Å². The Hall–Kier alpha value is 0.314. The zero-order valence-corrected chi connectivity index (χ0v) is 12.0. The van der Waals surface area contributed by atoms with Crippen molar-refractivity contribution >= 4 is 16.6 Å². The number of rotatable bonds is 3. The summed E-state index contributed by atoms with van der Waals surface area (Å²) in [5.74, 6) is 0. The molecule has 0 aromatic rings. The molecule has 14 heavy (non-hydrogen) atoms. The van der Waals surface area contributed by atoms with Crippen LogP contribution in [0.25, 0.3) is 0 Å². The van der Waals surface area contributed by atoms with Crippen LogP contribution in [0.5, 0.6) is 0 Å². The molecule has 1 saturated heterocycles. The molecule has 1 atom stereocenters. The molecular formula is C9H23NO2Si2. The Labute approximate surface area is 89.4 Å². The Morgan fingerprint density at radius 2 is 2.00 bits per heavy atom. The first-order chi connectivity index (χ1) is 6.29. The van der Waals surface area contributed by atoms with Crippen molar-refractivity contribution < 1.29 is 8.95 Å². The van der Waals surface area contributed by atoms with E-state index in [1.54, 1.807) is 0 Å². The van der Waals surface area contributed by atoms with Gasteiger partial charge in [-0.3, -0.25) is 0 Å². The van der Waals surface area contributed by atoms with Gasteiger partial charge in [0, 0.05) is 0 Å². The Bertz CT molecular complexity index is 192. The smallest absolute Gasteiger partial charge is 0.211 e. The largest absolute Gasteiger partial charge is 0.400 e. The van der Waals surface area contributed by atoms with Crippen LogP contribution in [-0.2, 0) is 8.95 Å². The first-order valence-electron chi connectivity index (χ1n) is 5.40. The maximum absolute atomic E-state index is 5.99. The lowest BCUT2D eigenvalue weighted by molar-refractivity contribution is 0.0124. The third-order valence-electron chi connectivity index (χ3n) is 2.20. The standard InChI is InChI=1S/C9H23NO2Si2/c1-13(2,3)12-10-9-7-6-8-14(4,5)11-9/h9-10H,6-8H2,1-5H3. The van der Waals surface area contributed by atoms with E-state index in [2.05, 4.69) is 38.2 Å². The van der Waals surface area contributed by atoms with E-state index in [1.165, 1.54) is 12.5 Å². The average molecular weight is 233 g/mol. The highest BCUT2D eigenvalue weighted by Crippen LogP contribution is 2.24. The number of hydrogen-bond donors (Lipinski definition) is 1. The van der Waals surface area contributed by atoms with Gasteiger partial charge in [-0.05, 0) is 51.6 Å². The van der Waals surface area contributed by atoms with Crippen LogP contribution in [0.15, 0.2) is 0 Å². The van der Waals surface area contributed by atoms with Crippen molar-refractivity contribution in [3.05, 3.63) is 0 Å². The van der Waals surface area contributed by atoms with E-state index in [9.17, 15) is 0 Å². The summed E-state index contributed by atoms with van der Waals surface area (Å²) < 4.78 is 11.6. The zero-order valence-electron chi connectivity index (χ0n) is 10.0. The molecule has 1 aliphatic heterocycles. The number of hydroxylamine groups is 1. The Morgan fingerprint density at radius 3 is 2.50 bits per heavy atom. The minimum Gasteiger partial charge on any atom is -0.400 e. The van der Waals surface area contributed by atoms with Gasteiger partial charge in [-0.2, -0.15) is 5.48 Å². The monoisotopic (exact) mass is 233 g/mol. The van der Waals surface area contributed by atoms with Crippen LogP contribution in [0.2, 0.25) is 38.8 Å². The van der Waals surface area contributed by atoms with Crippen LogP contribution < -0.4 is 5.48 Å². The highest BCUT2D eigenvalue weighted by molar-refractivity contribution is 6.71. The molecule has 0 spiro atoms. The van der Waals surface area contributed by atoms with E-state index in [1.807, 2.05) is 0 Å². The van der Waals surface area contributed by atoms with Crippen LogP contribution in [0.3, 0.4) is 0 Å². The second kappa shape index (κ2) is 4.44. The summed E-state index contributed by atoms with van der Waals surface area (Å²) in [7, 11) is -2.84. The summed E-state index contributed by atoms with van der Waals surface area (Å²) in [6, 6.07) is 1.28. The molecule has 0 aliphatic carbocycles. The van der Waals surface area contributed by atoms with Crippen molar-refractivity contribution in [3.8, 4) is 0 Å². The van der Waals surface area contributed by atoms with E-state index in [0.29, 0.717) is 0 Å². The normalized spacial score (nSPS) is 27.6. The third kappa shape index (κ3) is 4.70. The number of nitrogens with one attached hydrogen (secondary N) is 1. The van der Waals surface area contributed by atoms with Crippen molar-refractivity contribution in [1.82, 2.24) is 5.48 Å². The van der Waals surface area contributed by atoms with Gasteiger partial charge in [0.05, 0.1) is 0 Å². The van der Waals surface area contributed by atoms with Crippen LogP contribution in [0.1, 0.15) is 12.8 Å². The summed E-state index contributed by atoms with van der Waals surface area (Å²) in [4.78, 5) is 0. The van der Waals surface area contributed by atoms with Gasteiger partial charge in [0.25, 0.3) is 0 Å². The third-order valence-corrected chi connectivity index (χ3v) is 5.41. The maximum atomic E-state index is 5.99. The zero-order chi connectivity index (χ0) is 10.8. The molecule has 1 rings (SSSR count). The molecule has 1 unspecified atom stereocenters. The molecule has 0 bridgehead atoms. The molecule has 84 valence electrons. The van der Waals surface area contributed by atoms with Gasteiger partial charge < -0.3 is 8.95 Å². The molecule has 0 saturated carbocycles. The fourth-order valence-corrected chi connectivity index (χ4v) is 4.14. The average Bonchev–Trinajstić information content (AvgIpc) is 1.98. The number of hydrogen-bond acceptors (Lipinski definition) is 3. The first kappa shape index (κ1) is 12.4. The molecule has 0 radical (unpaired) electrons. The quantitative estimate of drug-likeness (QED) is 0.600. The topological polar surface area (TPSA) is 30.5 Å². The van der Waals surface area contributed by atoms with Crippen molar-refractivity contribution in [2.24, 2.45) is 0 Å². The molecule has 1 heterocycles. The lowest BCUT2D eigenvalue weighted by atomic mass is 10.3. The second-order valence-corrected chi connectivity index (χ2v) is 14.3. The van der Waals surface area contributed by atoms with Gasteiger partial charge in [0.15, 0.2) is 8.32 Å². The molecule has 1 fully saturated rings. The van der Waals surface area contributed by atoms with Crippen LogP contribution in [-0.4, -0.2) is 22.9 Å². The summed E-state index contributed by atoms with van der Waals surface area (Å²) in [6.45, 7) is 11.1. The van der Waals surface area contributed by atoms with Gasteiger partial charge in [0.1, 0.15) is 6.23 Å². The van der Waals surface area contributed by atoms with Crippen LogP contribution in [0.4, 0.5) is 0 Å². The van der Waals surface area contributed by atoms with Gasteiger partial charge >= 0.3 is 0 Å². The predicted molar refractivity (Wildman–Crippen MR) is 64.0 cm³/mol. The highest BCUT2D eigenvalue weighted by atomic mass is 28.4. The second-order valence-electron chi connectivity index (χ2n) is 5.59. The maximum Gasteiger partial charge on any atom is 0.211 e. The minimum atomic E-state index is -1.46. The van der Waals surface area contributed by atoms with Crippen LogP contribution in [0, 0.1) is 0 Å². The fraction of sp³-hybridized carbons (Fsp3) is 1.00. The molecular weight excluding hydrogens is 210 g/mol. The summed E-state index contributed by atoms with van der Waals surface area (Å²) in [6.07, 6.45) is 2.49. The van der Waals surface area contributed by atoms with E-state index in [-0.39, 0.29) is 6.23 Å². The van der Waals surface area contributed by atoms with Crippen molar-refractivity contribution in [1.29, 1.82) is 0 Å². The van der Waals surface area contributed by atoms with Crippen molar-refractivity contribution in [2.75, 3.05) is 0 Å². The molecule has 1 N–H and O–H groups in total. The van der Waals surface area contributed by atoms with Gasteiger partial charge in [0.2, 0.25) is 8.32 Å². The molecule has 1 aliphatic rings. The minimum absolute atomic E-state index is 0.136. The lowest BCUT2D eigenvalue weighted by Crippen LogP contribution is -2.48. The summed E-state index contributed by atoms with van der Waals surface area (Å²) in [5, 5.41) is 0. The Balaban J connectivity index is 2.32. The summed E-state index contributed by atoms with van der Waals surface area (Å²) >= 11 is 0. The van der Waals surface area contributed by atoms with E-state index in [4.69, 9.17) is 8.95 Å². The SMILES string of the molecule is C[Si](C)(C)ONC1CCC[Si](C)(C)O1. The lowest BCUT2D eigenvalue weighted by Gasteiger charge is -2.35. The fourth-order valence-electron chi connectivity index (χ4n) is 1.54. The Morgan fingerprint density at radius 1 is 1.36 bits per heavy atom. The molecule has 5 heteroatoms. The van der Waals surface area contributed by atoms with Crippen LogP contribution >= 0.6 is 0 Å². The van der Waals surface area contributed by atoms with Crippen molar-refractivity contribution in [3.63, 3.8) is 0 Å². The van der Waals surface area contributed by atoms with E-state index in [0.717, 1.165) is 6.42 Å². The predicted octanol–water partition coefficient (Wildman–Crippen LogP) is 2.68. The highest BCUT2D eigenvalue weighted by Gasteiger charge is 2.31. The van der Waals surface area contributed by atoms with E-state index < -0.39 is 16.6 Å². The Kier molecular flexibility index (Phi) is 3.93. The molecule has 0 aromatic heterocycles. The van der Waals surface area contributed by atoms with Gasteiger partial charge in [-0.25, -0.2) is 0 Å².